The molecular weight excluding hydrogens is 375 g/mol. The van der Waals surface area contributed by atoms with Gasteiger partial charge in [0.15, 0.2) is 0 Å². The lowest BCUT2D eigenvalue weighted by atomic mass is 10.1. The van der Waals surface area contributed by atoms with Crippen molar-refractivity contribution in [1.29, 1.82) is 0 Å². The van der Waals surface area contributed by atoms with Crippen molar-refractivity contribution in [2.75, 3.05) is 6.54 Å². The van der Waals surface area contributed by atoms with Crippen LogP contribution >= 0.6 is 23.2 Å². The minimum atomic E-state index is -0.368. The molecule has 0 spiro atoms. The first-order valence-electron chi connectivity index (χ1n) is 8.08. The van der Waals surface area contributed by atoms with Crippen LogP contribution in [-0.4, -0.2) is 29.2 Å². The molecule has 1 aliphatic rings. The van der Waals surface area contributed by atoms with Crippen LogP contribution < -0.4 is 5.32 Å². The number of carbonyl (C=O) groups is 3. The van der Waals surface area contributed by atoms with E-state index in [4.69, 9.17) is 23.2 Å². The highest BCUT2D eigenvalue weighted by atomic mass is 35.5. The molecule has 0 radical (unpaired) electrons. The maximum Gasteiger partial charge on any atom is 0.261 e. The van der Waals surface area contributed by atoms with Crippen molar-refractivity contribution in [2.24, 2.45) is 0 Å². The molecular formula is C19H16Cl2N2O3. The van der Waals surface area contributed by atoms with Gasteiger partial charge in [0, 0.05) is 23.0 Å². The molecule has 0 saturated heterocycles. The first-order chi connectivity index (χ1) is 12.4. The van der Waals surface area contributed by atoms with E-state index in [9.17, 15) is 14.4 Å². The predicted molar refractivity (Wildman–Crippen MR) is 99.4 cm³/mol. The van der Waals surface area contributed by atoms with Gasteiger partial charge in [0.05, 0.1) is 17.2 Å². The van der Waals surface area contributed by atoms with E-state index in [1.54, 1.807) is 49.4 Å². The molecule has 5 nitrogen and oxygen atoms in total. The monoisotopic (exact) mass is 390 g/mol. The van der Waals surface area contributed by atoms with Crippen LogP contribution in [0.2, 0.25) is 10.0 Å². The van der Waals surface area contributed by atoms with Crippen molar-refractivity contribution < 1.29 is 14.4 Å². The maximum absolute atomic E-state index is 12.3. The Kier molecular flexibility index (Phi) is 5.30. The second kappa shape index (κ2) is 7.48. The lowest BCUT2D eigenvalue weighted by Crippen LogP contribution is -2.35. The van der Waals surface area contributed by atoms with Crippen molar-refractivity contribution in [2.45, 2.75) is 19.4 Å². The third-order valence-corrected chi connectivity index (χ3v) is 4.81. The van der Waals surface area contributed by atoms with E-state index >= 15 is 0 Å². The molecule has 1 heterocycles. The Hall–Kier alpha value is -2.37. The normalized spacial score (nSPS) is 14.3. The topological polar surface area (TPSA) is 66.5 Å². The number of nitrogens with one attached hydrogen (secondary N) is 1. The van der Waals surface area contributed by atoms with E-state index in [0.717, 1.165) is 10.5 Å². The van der Waals surface area contributed by atoms with Crippen molar-refractivity contribution in [3.05, 3.63) is 69.2 Å². The van der Waals surface area contributed by atoms with E-state index in [1.807, 2.05) is 0 Å². The van der Waals surface area contributed by atoms with Crippen LogP contribution in [0.3, 0.4) is 0 Å². The fraction of sp³-hybridized carbons (Fsp3) is 0.211. The Morgan fingerprint density at radius 3 is 2.27 bits per heavy atom. The largest absolute Gasteiger partial charge is 0.349 e. The number of imide groups is 1. The van der Waals surface area contributed by atoms with Crippen LogP contribution in [0.4, 0.5) is 0 Å². The summed E-state index contributed by atoms with van der Waals surface area (Å²) in [4.78, 5) is 37.9. The average molecular weight is 391 g/mol. The summed E-state index contributed by atoms with van der Waals surface area (Å²) >= 11 is 12.0. The first-order valence-corrected chi connectivity index (χ1v) is 8.83. The lowest BCUT2D eigenvalue weighted by Gasteiger charge is -2.18. The molecule has 0 fully saturated rings. The van der Waals surface area contributed by atoms with E-state index in [-0.39, 0.29) is 36.7 Å². The summed E-state index contributed by atoms with van der Waals surface area (Å²) < 4.78 is 0. The molecule has 2 aromatic carbocycles. The number of halogens is 2. The second-order valence-corrected chi connectivity index (χ2v) is 6.86. The van der Waals surface area contributed by atoms with Crippen LogP contribution in [-0.2, 0) is 4.79 Å². The number of benzene rings is 2. The number of amides is 3. The smallest absolute Gasteiger partial charge is 0.261 e. The van der Waals surface area contributed by atoms with Gasteiger partial charge in [-0.15, -0.1) is 0 Å². The van der Waals surface area contributed by atoms with Crippen LogP contribution in [0, 0.1) is 0 Å². The van der Waals surface area contributed by atoms with Gasteiger partial charge >= 0.3 is 0 Å². The Morgan fingerprint density at radius 1 is 1.08 bits per heavy atom. The Morgan fingerprint density at radius 2 is 1.69 bits per heavy atom. The molecule has 134 valence electrons. The predicted octanol–water partition coefficient (Wildman–Crippen LogP) is 3.86. The van der Waals surface area contributed by atoms with Gasteiger partial charge in [-0.3, -0.25) is 19.3 Å². The van der Waals surface area contributed by atoms with Gasteiger partial charge in [0.2, 0.25) is 5.91 Å². The summed E-state index contributed by atoms with van der Waals surface area (Å²) in [6.45, 7) is 1.83. The maximum atomic E-state index is 12.3. The summed E-state index contributed by atoms with van der Waals surface area (Å²) in [5.41, 5.74) is 1.49. The zero-order valence-corrected chi connectivity index (χ0v) is 15.5. The zero-order valence-electron chi connectivity index (χ0n) is 14.0. The molecule has 3 amide bonds. The fourth-order valence-electron chi connectivity index (χ4n) is 2.90. The van der Waals surface area contributed by atoms with Gasteiger partial charge in [0.25, 0.3) is 11.8 Å². The van der Waals surface area contributed by atoms with Crippen LogP contribution in [0.15, 0.2) is 42.5 Å². The minimum Gasteiger partial charge on any atom is -0.349 e. The summed E-state index contributed by atoms with van der Waals surface area (Å²) in [5, 5.41) is 3.80. The van der Waals surface area contributed by atoms with Gasteiger partial charge in [-0.25, -0.2) is 0 Å². The molecule has 1 N–H and O–H groups in total. The fourth-order valence-corrected chi connectivity index (χ4v) is 3.47. The van der Waals surface area contributed by atoms with Gasteiger partial charge in [-0.05, 0) is 36.8 Å². The Balaban J connectivity index is 1.60. The number of hydrogen-bond acceptors (Lipinski definition) is 3. The number of nitrogens with zero attached hydrogens (tertiary/aromatic N) is 1. The molecule has 0 unspecified atom stereocenters. The lowest BCUT2D eigenvalue weighted by molar-refractivity contribution is -0.121. The number of carbonyl (C=O) groups excluding carboxylic acids is 3. The highest BCUT2D eigenvalue weighted by Gasteiger charge is 2.35. The first kappa shape index (κ1) is 18.4. The molecule has 0 aliphatic carbocycles. The van der Waals surface area contributed by atoms with Gasteiger partial charge in [-0.2, -0.15) is 0 Å². The van der Waals surface area contributed by atoms with E-state index in [0.29, 0.717) is 21.2 Å². The Bertz CT molecular complexity index is 863. The van der Waals surface area contributed by atoms with Crippen molar-refractivity contribution in [1.82, 2.24) is 10.2 Å². The highest BCUT2D eigenvalue weighted by molar-refractivity contribution is 6.35. The van der Waals surface area contributed by atoms with Gasteiger partial charge in [-0.1, -0.05) is 41.4 Å². The molecule has 0 bridgehead atoms. The molecule has 1 atom stereocenters. The van der Waals surface area contributed by atoms with Crippen LogP contribution in [0.25, 0.3) is 0 Å². The van der Waals surface area contributed by atoms with Crippen LogP contribution in [0.5, 0.6) is 0 Å². The molecule has 2 aromatic rings. The standard InChI is InChI=1S/C19H16Cl2N2O3/c1-11(13-7-6-12(20)10-16(13)21)22-17(24)8-9-23-18(25)14-4-2-3-5-15(14)19(23)26/h2-7,10-11H,8-9H2,1H3,(H,22,24)/t11-/m0/s1. The summed E-state index contributed by atoms with van der Waals surface area (Å²) in [6, 6.07) is 11.4. The Labute approximate surface area is 160 Å². The van der Waals surface area contributed by atoms with Gasteiger partial charge in [0.1, 0.15) is 0 Å². The van der Waals surface area contributed by atoms with Crippen LogP contribution in [0.1, 0.15) is 45.7 Å². The molecule has 7 heteroatoms. The molecule has 26 heavy (non-hydrogen) atoms. The van der Waals surface area contributed by atoms with Gasteiger partial charge < -0.3 is 5.32 Å². The van der Waals surface area contributed by atoms with Crippen molar-refractivity contribution in [3.8, 4) is 0 Å². The average Bonchev–Trinajstić information content (AvgIpc) is 2.84. The number of rotatable bonds is 5. The van der Waals surface area contributed by atoms with Crippen molar-refractivity contribution >= 4 is 40.9 Å². The molecule has 3 rings (SSSR count). The second-order valence-electron chi connectivity index (χ2n) is 6.01. The van der Waals surface area contributed by atoms with E-state index < -0.39 is 0 Å². The minimum absolute atomic E-state index is 0.0149. The molecule has 0 saturated carbocycles. The summed E-state index contributed by atoms with van der Waals surface area (Å²) in [5.74, 6) is -1.01. The quantitative estimate of drug-likeness (QED) is 0.788. The summed E-state index contributed by atoms with van der Waals surface area (Å²) in [6.07, 6.45) is 0.0149. The molecule has 1 aliphatic heterocycles. The van der Waals surface area contributed by atoms with E-state index in [1.165, 1.54) is 0 Å². The highest BCUT2D eigenvalue weighted by Crippen LogP contribution is 2.26. The molecule has 0 aromatic heterocycles. The number of hydrogen-bond donors (Lipinski definition) is 1. The summed E-state index contributed by atoms with van der Waals surface area (Å²) in [7, 11) is 0. The third kappa shape index (κ3) is 3.59. The number of fused-ring (bicyclic) bond motifs is 1. The van der Waals surface area contributed by atoms with E-state index in [2.05, 4.69) is 5.32 Å². The van der Waals surface area contributed by atoms with Crippen molar-refractivity contribution in [3.63, 3.8) is 0 Å². The zero-order chi connectivity index (χ0) is 18.8. The SMILES string of the molecule is C[C@H](NC(=O)CCN1C(=O)c2ccccc2C1=O)c1ccc(Cl)cc1Cl. The third-order valence-electron chi connectivity index (χ3n) is 4.25.